The molecule has 3 N–H and O–H groups in total. The van der Waals surface area contributed by atoms with Crippen molar-refractivity contribution in [3.8, 4) is 0 Å². The van der Waals surface area contributed by atoms with Crippen LogP contribution >= 0.6 is 0 Å². The number of H-pyrrole nitrogens is 1. The molecule has 1 atom stereocenters. The van der Waals surface area contributed by atoms with Crippen molar-refractivity contribution in [3.63, 3.8) is 0 Å². The van der Waals surface area contributed by atoms with Crippen LogP contribution in [0.1, 0.15) is 34.8 Å². The van der Waals surface area contributed by atoms with Gasteiger partial charge in [0.15, 0.2) is 0 Å². The van der Waals surface area contributed by atoms with E-state index < -0.39 is 23.9 Å². The van der Waals surface area contributed by atoms with E-state index >= 15 is 0 Å². The maximum atomic E-state index is 12.7. The maximum absolute atomic E-state index is 12.7. The Bertz CT molecular complexity index is 935. The molecule has 2 aromatic heterocycles. The standard InChI is InChI=1S/C16H13F3N4O2/c1-8(24)10-6-12-9(7-20-23-12)5-13(10)22-15(25)11-3-2-4-14(21-11)16(17,18)19/h2-8,24H,1H3,(H,20,23)(H,22,25). The number of alkyl halides is 3. The third-order valence-corrected chi connectivity index (χ3v) is 3.58. The Balaban J connectivity index is 1.95. The molecule has 25 heavy (non-hydrogen) atoms. The van der Waals surface area contributed by atoms with E-state index in [-0.39, 0.29) is 11.4 Å². The van der Waals surface area contributed by atoms with Crippen molar-refractivity contribution in [2.75, 3.05) is 5.32 Å². The summed E-state index contributed by atoms with van der Waals surface area (Å²) in [5, 5.41) is 19.7. The summed E-state index contributed by atoms with van der Waals surface area (Å²) in [6, 6.07) is 6.27. The summed E-state index contributed by atoms with van der Waals surface area (Å²) in [6.07, 6.45) is -4.02. The Kier molecular flexibility index (Phi) is 4.17. The number of carbonyl (C=O) groups excluding carboxylic acids is 1. The van der Waals surface area contributed by atoms with Gasteiger partial charge in [0.2, 0.25) is 0 Å². The Labute approximate surface area is 139 Å². The minimum atomic E-state index is -4.64. The summed E-state index contributed by atoms with van der Waals surface area (Å²) in [5.74, 6) is -0.809. The highest BCUT2D eigenvalue weighted by Crippen LogP contribution is 2.29. The van der Waals surface area contributed by atoms with Crippen LogP contribution in [0.5, 0.6) is 0 Å². The smallest absolute Gasteiger partial charge is 0.389 e. The molecule has 6 nitrogen and oxygen atoms in total. The van der Waals surface area contributed by atoms with E-state index in [0.717, 1.165) is 12.1 Å². The molecule has 0 bridgehead atoms. The Morgan fingerprint density at radius 2 is 2.08 bits per heavy atom. The quantitative estimate of drug-likeness (QED) is 0.676. The summed E-state index contributed by atoms with van der Waals surface area (Å²) in [5.41, 5.74) is -0.198. The molecule has 0 aliphatic heterocycles. The first-order valence-corrected chi connectivity index (χ1v) is 7.26. The van der Waals surface area contributed by atoms with Crippen LogP contribution in [-0.2, 0) is 6.18 Å². The van der Waals surface area contributed by atoms with Gasteiger partial charge in [-0.25, -0.2) is 4.98 Å². The Morgan fingerprint density at radius 1 is 1.32 bits per heavy atom. The molecule has 1 amide bonds. The zero-order valence-corrected chi connectivity index (χ0v) is 12.9. The number of carbonyl (C=O) groups is 1. The monoisotopic (exact) mass is 350 g/mol. The third kappa shape index (κ3) is 3.45. The summed E-state index contributed by atoms with van der Waals surface area (Å²) in [7, 11) is 0. The van der Waals surface area contributed by atoms with Crippen LogP contribution in [0.4, 0.5) is 18.9 Å². The molecule has 9 heteroatoms. The number of aliphatic hydroxyl groups is 1. The summed E-state index contributed by atoms with van der Waals surface area (Å²) < 4.78 is 38.2. The van der Waals surface area contributed by atoms with E-state index in [4.69, 9.17) is 0 Å². The van der Waals surface area contributed by atoms with Gasteiger partial charge < -0.3 is 10.4 Å². The number of nitrogens with zero attached hydrogens (tertiary/aromatic N) is 2. The first-order chi connectivity index (χ1) is 11.8. The molecule has 130 valence electrons. The van der Waals surface area contributed by atoms with Crippen LogP contribution in [0.25, 0.3) is 10.9 Å². The predicted molar refractivity (Wildman–Crippen MR) is 83.9 cm³/mol. The average molecular weight is 350 g/mol. The van der Waals surface area contributed by atoms with Crippen molar-refractivity contribution in [3.05, 3.63) is 53.5 Å². The van der Waals surface area contributed by atoms with Gasteiger partial charge in [0.1, 0.15) is 11.4 Å². The molecule has 0 aliphatic rings. The molecule has 0 spiro atoms. The number of benzene rings is 1. The van der Waals surface area contributed by atoms with E-state index in [1.807, 2.05) is 0 Å². The number of anilines is 1. The maximum Gasteiger partial charge on any atom is 0.433 e. The zero-order valence-electron chi connectivity index (χ0n) is 12.9. The number of fused-ring (bicyclic) bond motifs is 1. The highest BCUT2D eigenvalue weighted by Gasteiger charge is 2.33. The molecule has 0 radical (unpaired) electrons. The minimum absolute atomic E-state index is 0.271. The molecule has 0 fully saturated rings. The van der Waals surface area contributed by atoms with E-state index in [0.29, 0.717) is 16.5 Å². The highest BCUT2D eigenvalue weighted by molar-refractivity contribution is 6.04. The van der Waals surface area contributed by atoms with Crippen molar-refractivity contribution < 1.29 is 23.1 Å². The summed E-state index contributed by atoms with van der Waals surface area (Å²) in [6.45, 7) is 1.51. The van der Waals surface area contributed by atoms with Crippen LogP contribution in [-0.4, -0.2) is 26.2 Å². The molecule has 3 aromatic rings. The second-order valence-electron chi connectivity index (χ2n) is 5.43. The van der Waals surface area contributed by atoms with Gasteiger partial charge in [0.25, 0.3) is 5.91 Å². The van der Waals surface area contributed by atoms with Gasteiger partial charge in [-0.3, -0.25) is 9.89 Å². The lowest BCUT2D eigenvalue weighted by molar-refractivity contribution is -0.141. The van der Waals surface area contributed by atoms with E-state index in [2.05, 4.69) is 20.5 Å². The largest absolute Gasteiger partial charge is 0.433 e. The number of pyridine rings is 1. The molecule has 0 aliphatic carbocycles. The number of amides is 1. The Morgan fingerprint density at radius 3 is 2.76 bits per heavy atom. The van der Waals surface area contributed by atoms with Crippen LogP contribution < -0.4 is 5.32 Å². The van der Waals surface area contributed by atoms with Crippen molar-refractivity contribution in [2.24, 2.45) is 0 Å². The molecule has 0 saturated heterocycles. The molecule has 3 rings (SSSR count). The number of rotatable bonds is 3. The number of aromatic nitrogens is 3. The van der Waals surface area contributed by atoms with Crippen molar-refractivity contribution in [1.29, 1.82) is 0 Å². The summed E-state index contributed by atoms with van der Waals surface area (Å²) >= 11 is 0. The van der Waals surface area contributed by atoms with Gasteiger partial charge in [0, 0.05) is 16.6 Å². The lowest BCUT2D eigenvalue weighted by Crippen LogP contribution is -2.18. The highest BCUT2D eigenvalue weighted by atomic mass is 19.4. The Hall–Kier alpha value is -2.94. The van der Waals surface area contributed by atoms with Gasteiger partial charge in [-0.1, -0.05) is 6.07 Å². The van der Waals surface area contributed by atoms with Crippen LogP contribution in [0, 0.1) is 0 Å². The molecule has 1 aromatic carbocycles. The zero-order chi connectivity index (χ0) is 18.2. The van der Waals surface area contributed by atoms with Crippen molar-refractivity contribution in [2.45, 2.75) is 19.2 Å². The molecule has 1 unspecified atom stereocenters. The van der Waals surface area contributed by atoms with Crippen LogP contribution in [0.15, 0.2) is 36.5 Å². The molecule has 0 saturated carbocycles. The fourth-order valence-electron chi connectivity index (χ4n) is 2.37. The first-order valence-electron chi connectivity index (χ1n) is 7.26. The predicted octanol–water partition coefficient (Wildman–Crippen LogP) is 3.28. The number of halogens is 3. The average Bonchev–Trinajstić information content (AvgIpc) is 3.00. The third-order valence-electron chi connectivity index (χ3n) is 3.58. The molecular weight excluding hydrogens is 337 g/mol. The summed E-state index contributed by atoms with van der Waals surface area (Å²) in [4.78, 5) is 15.6. The minimum Gasteiger partial charge on any atom is -0.389 e. The SMILES string of the molecule is CC(O)c1cc2[nH]ncc2cc1NC(=O)c1cccc(C(F)(F)F)n1. The van der Waals surface area contributed by atoms with Crippen LogP contribution in [0.3, 0.4) is 0 Å². The van der Waals surface area contributed by atoms with Gasteiger partial charge in [-0.15, -0.1) is 0 Å². The van der Waals surface area contributed by atoms with E-state index in [1.54, 1.807) is 12.1 Å². The lowest BCUT2D eigenvalue weighted by atomic mass is 10.1. The number of aromatic amines is 1. The second kappa shape index (κ2) is 6.17. The van der Waals surface area contributed by atoms with E-state index in [9.17, 15) is 23.1 Å². The first kappa shape index (κ1) is 16.9. The number of nitrogens with one attached hydrogen (secondary N) is 2. The van der Waals surface area contributed by atoms with Gasteiger partial charge in [0.05, 0.1) is 17.8 Å². The number of hydrogen-bond acceptors (Lipinski definition) is 4. The lowest BCUT2D eigenvalue weighted by Gasteiger charge is -2.14. The van der Waals surface area contributed by atoms with Gasteiger partial charge in [-0.2, -0.15) is 18.3 Å². The molecular formula is C16H13F3N4O2. The number of hydrogen-bond donors (Lipinski definition) is 3. The van der Waals surface area contributed by atoms with Gasteiger partial charge >= 0.3 is 6.18 Å². The van der Waals surface area contributed by atoms with Crippen molar-refractivity contribution >= 4 is 22.5 Å². The second-order valence-corrected chi connectivity index (χ2v) is 5.43. The normalized spacial score (nSPS) is 13.0. The van der Waals surface area contributed by atoms with Gasteiger partial charge in [-0.05, 0) is 31.2 Å². The fraction of sp³-hybridized carbons (Fsp3) is 0.188. The number of aliphatic hydroxyl groups excluding tert-OH is 1. The topological polar surface area (TPSA) is 90.9 Å². The van der Waals surface area contributed by atoms with Crippen LogP contribution in [0.2, 0.25) is 0 Å². The molecule has 2 heterocycles. The van der Waals surface area contributed by atoms with Crippen molar-refractivity contribution in [1.82, 2.24) is 15.2 Å². The fourth-order valence-corrected chi connectivity index (χ4v) is 2.37. The van der Waals surface area contributed by atoms with E-state index in [1.165, 1.54) is 19.2 Å².